The Kier molecular flexibility index (Phi) is 4.74. The second kappa shape index (κ2) is 6.88. The standard InChI is InChI=1S/C20H26F3N3O3S/c1-12-17(4-5-18(24-12)20(21,22)23)30(27,28)26-15-2-3-16(26)7-13(6-15)25-14-8-19(9-14)10-29-11-19/h4-5,13-16,25H,2-3,6-11H2,1H3/t13-,15-,16+. The lowest BCUT2D eigenvalue weighted by Gasteiger charge is -2.54. The van der Waals surface area contributed by atoms with Crippen LogP contribution in [0.1, 0.15) is 49.9 Å². The highest BCUT2D eigenvalue weighted by atomic mass is 32.2. The Bertz CT molecular complexity index is 926. The highest BCUT2D eigenvalue weighted by Gasteiger charge is 2.52. The number of aromatic nitrogens is 1. The largest absolute Gasteiger partial charge is 0.433 e. The Morgan fingerprint density at radius 3 is 2.27 bits per heavy atom. The van der Waals surface area contributed by atoms with Gasteiger partial charge in [0.1, 0.15) is 10.6 Å². The van der Waals surface area contributed by atoms with E-state index in [1.165, 1.54) is 6.92 Å². The first-order valence-electron chi connectivity index (χ1n) is 10.5. The van der Waals surface area contributed by atoms with Gasteiger partial charge in [0.05, 0.1) is 18.9 Å². The molecule has 6 nitrogen and oxygen atoms in total. The SMILES string of the molecule is Cc1nc(C(F)(F)F)ccc1S(=O)(=O)N1[C@@H]2CC[C@H]1C[C@H](NC1CC3(COC3)C1)C2. The Morgan fingerprint density at radius 1 is 1.13 bits per heavy atom. The highest BCUT2D eigenvalue weighted by Crippen LogP contribution is 2.48. The first-order valence-corrected chi connectivity index (χ1v) is 11.9. The third-order valence-electron chi connectivity index (χ3n) is 7.20. The van der Waals surface area contributed by atoms with Gasteiger partial charge < -0.3 is 10.1 Å². The van der Waals surface area contributed by atoms with Crippen LogP contribution in [-0.4, -0.2) is 55.1 Å². The molecule has 0 radical (unpaired) electrons. The topological polar surface area (TPSA) is 71.5 Å². The number of piperidine rings is 1. The van der Waals surface area contributed by atoms with Crippen molar-refractivity contribution < 1.29 is 26.3 Å². The lowest BCUT2D eigenvalue weighted by atomic mass is 9.64. The first kappa shape index (κ1) is 20.7. The first-order chi connectivity index (χ1) is 14.1. The van der Waals surface area contributed by atoms with E-state index < -0.39 is 21.9 Å². The summed E-state index contributed by atoms with van der Waals surface area (Å²) in [5.41, 5.74) is -0.791. The van der Waals surface area contributed by atoms with E-state index in [2.05, 4.69) is 10.3 Å². The van der Waals surface area contributed by atoms with Gasteiger partial charge in [0.25, 0.3) is 0 Å². The van der Waals surface area contributed by atoms with E-state index in [1.54, 1.807) is 4.31 Å². The number of alkyl halides is 3. The molecule has 2 bridgehead atoms. The zero-order chi connectivity index (χ0) is 21.3. The number of ether oxygens (including phenoxy) is 1. The van der Waals surface area contributed by atoms with Gasteiger partial charge in [-0.3, -0.25) is 0 Å². The molecule has 10 heteroatoms. The summed E-state index contributed by atoms with van der Waals surface area (Å²) in [4.78, 5) is 3.40. The van der Waals surface area contributed by atoms with E-state index >= 15 is 0 Å². The summed E-state index contributed by atoms with van der Waals surface area (Å²) < 4.78 is 72.2. The van der Waals surface area contributed by atoms with Crippen LogP contribution in [0, 0.1) is 12.3 Å². The minimum atomic E-state index is -4.60. The number of rotatable bonds is 4. The van der Waals surface area contributed by atoms with Crippen LogP contribution >= 0.6 is 0 Å². The predicted molar refractivity (Wildman–Crippen MR) is 102 cm³/mol. The number of pyridine rings is 1. The highest BCUT2D eigenvalue weighted by molar-refractivity contribution is 7.89. The maximum atomic E-state index is 13.3. The molecule has 1 aliphatic carbocycles. The quantitative estimate of drug-likeness (QED) is 0.772. The van der Waals surface area contributed by atoms with Gasteiger partial charge in [-0.25, -0.2) is 13.4 Å². The number of nitrogens with zero attached hydrogens (tertiary/aromatic N) is 2. The van der Waals surface area contributed by atoms with E-state index in [4.69, 9.17) is 4.74 Å². The molecule has 166 valence electrons. The van der Waals surface area contributed by atoms with E-state index in [9.17, 15) is 21.6 Å². The minimum Gasteiger partial charge on any atom is -0.380 e. The van der Waals surface area contributed by atoms with Gasteiger partial charge >= 0.3 is 6.18 Å². The third kappa shape index (κ3) is 3.36. The van der Waals surface area contributed by atoms with Crippen LogP contribution < -0.4 is 5.32 Å². The van der Waals surface area contributed by atoms with Crippen LogP contribution in [0.15, 0.2) is 17.0 Å². The molecule has 5 rings (SSSR count). The zero-order valence-corrected chi connectivity index (χ0v) is 17.6. The Balaban J connectivity index is 1.29. The molecule has 4 heterocycles. The van der Waals surface area contributed by atoms with E-state index in [0.29, 0.717) is 11.5 Å². The summed E-state index contributed by atoms with van der Waals surface area (Å²) in [5, 5.41) is 3.71. The van der Waals surface area contributed by atoms with Crippen molar-refractivity contribution in [2.75, 3.05) is 13.2 Å². The normalized spacial score (nSPS) is 31.5. The van der Waals surface area contributed by atoms with Crippen molar-refractivity contribution in [2.24, 2.45) is 5.41 Å². The molecule has 1 saturated carbocycles. The number of fused-ring (bicyclic) bond motifs is 2. The van der Waals surface area contributed by atoms with E-state index in [0.717, 1.165) is 63.9 Å². The average molecular weight is 446 g/mol. The molecule has 0 unspecified atom stereocenters. The summed E-state index contributed by atoms with van der Waals surface area (Å²) in [7, 11) is -3.89. The predicted octanol–water partition coefficient (Wildman–Crippen LogP) is 2.86. The molecular weight excluding hydrogens is 419 g/mol. The monoisotopic (exact) mass is 445 g/mol. The summed E-state index contributed by atoms with van der Waals surface area (Å²) in [6.45, 7) is 3.04. The number of hydrogen-bond donors (Lipinski definition) is 1. The second-order valence-electron chi connectivity index (χ2n) is 9.43. The number of nitrogens with one attached hydrogen (secondary N) is 1. The van der Waals surface area contributed by atoms with Crippen LogP contribution in [0.3, 0.4) is 0 Å². The summed E-state index contributed by atoms with van der Waals surface area (Å²) in [6.07, 6.45) is 0.706. The van der Waals surface area contributed by atoms with Gasteiger partial charge in [0.15, 0.2) is 0 Å². The van der Waals surface area contributed by atoms with Crippen LogP contribution in [-0.2, 0) is 20.9 Å². The fourth-order valence-electron chi connectivity index (χ4n) is 5.82. The number of sulfonamides is 1. The molecule has 0 amide bonds. The molecule has 3 atom stereocenters. The smallest absolute Gasteiger partial charge is 0.380 e. The molecule has 1 N–H and O–H groups in total. The molecule has 4 aliphatic rings. The summed E-state index contributed by atoms with van der Waals surface area (Å²) in [5.74, 6) is 0. The molecule has 0 aromatic carbocycles. The minimum absolute atomic E-state index is 0.105. The van der Waals surface area contributed by atoms with Gasteiger partial charge in [-0.2, -0.15) is 17.5 Å². The average Bonchev–Trinajstić information content (AvgIpc) is 2.87. The maximum Gasteiger partial charge on any atom is 0.433 e. The fraction of sp³-hybridized carbons (Fsp3) is 0.750. The molecule has 1 aromatic heterocycles. The van der Waals surface area contributed by atoms with Crippen molar-refractivity contribution in [1.82, 2.24) is 14.6 Å². The molecular formula is C20H26F3N3O3S. The molecule has 30 heavy (non-hydrogen) atoms. The third-order valence-corrected chi connectivity index (χ3v) is 9.33. The Hall–Kier alpha value is -1.23. The Labute approximate surface area is 174 Å². The van der Waals surface area contributed by atoms with Gasteiger partial charge in [0.2, 0.25) is 10.0 Å². The summed E-state index contributed by atoms with van der Waals surface area (Å²) in [6, 6.07) is 2.33. The van der Waals surface area contributed by atoms with Crippen LogP contribution in [0.25, 0.3) is 0 Å². The number of halogens is 3. The zero-order valence-electron chi connectivity index (χ0n) is 16.8. The van der Waals surface area contributed by atoms with Gasteiger partial charge in [0, 0.05) is 29.6 Å². The van der Waals surface area contributed by atoms with Crippen molar-refractivity contribution >= 4 is 10.0 Å². The van der Waals surface area contributed by atoms with Gasteiger partial charge in [-0.15, -0.1) is 0 Å². The van der Waals surface area contributed by atoms with Crippen LogP contribution in [0.4, 0.5) is 13.2 Å². The molecule has 4 fully saturated rings. The van der Waals surface area contributed by atoms with Gasteiger partial charge in [-0.1, -0.05) is 0 Å². The van der Waals surface area contributed by atoms with Crippen molar-refractivity contribution in [3.05, 3.63) is 23.5 Å². The van der Waals surface area contributed by atoms with E-state index in [1.807, 2.05) is 0 Å². The molecule has 1 spiro atoms. The number of hydrogen-bond acceptors (Lipinski definition) is 5. The number of aryl methyl sites for hydroxylation is 1. The van der Waals surface area contributed by atoms with Crippen molar-refractivity contribution in [1.29, 1.82) is 0 Å². The summed E-state index contributed by atoms with van der Waals surface area (Å²) >= 11 is 0. The van der Waals surface area contributed by atoms with Gasteiger partial charge in [-0.05, 0) is 57.6 Å². The lowest BCUT2D eigenvalue weighted by molar-refractivity contribution is -0.168. The molecule has 3 saturated heterocycles. The van der Waals surface area contributed by atoms with Crippen LogP contribution in [0.5, 0.6) is 0 Å². The molecule has 3 aliphatic heterocycles. The second-order valence-corrected chi connectivity index (χ2v) is 11.2. The maximum absolute atomic E-state index is 13.3. The van der Waals surface area contributed by atoms with Crippen molar-refractivity contribution in [3.63, 3.8) is 0 Å². The van der Waals surface area contributed by atoms with Crippen molar-refractivity contribution in [3.8, 4) is 0 Å². The Morgan fingerprint density at radius 2 is 1.77 bits per heavy atom. The van der Waals surface area contributed by atoms with E-state index in [-0.39, 0.29) is 28.7 Å². The lowest BCUT2D eigenvalue weighted by Crippen LogP contribution is -2.62. The van der Waals surface area contributed by atoms with Crippen molar-refractivity contribution in [2.45, 2.75) is 80.7 Å². The fourth-order valence-corrected chi connectivity index (χ4v) is 7.87. The molecule has 1 aromatic rings. The van der Waals surface area contributed by atoms with Crippen LogP contribution in [0.2, 0.25) is 0 Å².